The number of benzene rings is 2. The maximum Gasteiger partial charge on any atom is 0.243 e. The lowest BCUT2D eigenvalue weighted by molar-refractivity contribution is 0.291. The highest BCUT2D eigenvalue weighted by Crippen LogP contribution is 2.38. The first-order valence-corrected chi connectivity index (χ1v) is 11.9. The number of nitrogens with zero attached hydrogens (tertiary/aromatic N) is 4. The van der Waals surface area contributed by atoms with Crippen molar-refractivity contribution in [3.63, 3.8) is 0 Å². The molecular formula is C23H24FN5O2S. The zero-order chi connectivity index (χ0) is 22.5. The predicted molar refractivity (Wildman–Crippen MR) is 120 cm³/mol. The van der Waals surface area contributed by atoms with Gasteiger partial charge in [-0.3, -0.25) is 9.78 Å². The molecule has 5 rings (SSSR count). The molecular weight excluding hydrogens is 429 g/mol. The van der Waals surface area contributed by atoms with Gasteiger partial charge in [-0.25, -0.2) is 12.8 Å². The third kappa shape index (κ3) is 3.61. The lowest BCUT2D eigenvalue weighted by atomic mass is 9.97. The number of nitrogens with one attached hydrogen (secondary N) is 1. The number of sulfonamides is 1. The highest BCUT2D eigenvalue weighted by atomic mass is 32.2. The van der Waals surface area contributed by atoms with Crippen molar-refractivity contribution in [3.05, 3.63) is 66.9 Å². The van der Waals surface area contributed by atoms with Crippen molar-refractivity contribution >= 4 is 20.9 Å². The summed E-state index contributed by atoms with van der Waals surface area (Å²) in [6.45, 7) is 4.80. The largest absolute Gasteiger partial charge is 0.285 e. The van der Waals surface area contributed by atoms with Crippen molar-refractivity contribution < 1.29 is 12.8 Å². The minimum atomic E-state index is -3.80. The molecule has 0 aliphatic carbocycles. The van der Waals surface area contributed by atoms with Crippen LogP contribution >= 0.6 is 0 Å². The summed E-state index contributed by atoms with van der Waals surface area (Å²) in [6, 6.07) is 11.3. The van der Waals surface area contributed by atoms with Crippen LogP contribution in [0.1, 0.15) is 20.3 Å². The highest BCUT2D eigenvalue weighted by molar-refractivity contribution is 7.89. The van der Waals surface area contributed by atoms with Crippen LogP contribution in [0.4, 0.5) is 4.39 Å². The maximum absolute atomic E-state index is 13.7. The average molecular weight is 454 g/mol. The van der Waals surface area contributed by atoms with Crippen LogP contribution in [0.15, 0.2) is 66.0 Å². The summed E-state index contributed by atoms with van der Waals surface area (Å²) in [7, 11) is -3.80. The third-order valence-corrected chi connectivity index (χ3v) is 8.25. The van der Waals surface area contributed by atoms with E-state index in [1.807, 2.05) is 43.1 Å². The Morgan fingerprint density at radius 1 is 1.16 bits per heavy atom. The molecule has 0 spiro atoms. The van der Waals surface area contributed by atoms with Gasteiger partial charge in [0.15, 0.2) is 0 Å². The number of hydrogen-bond donors (Lipinski definition) is 1. The highest BCUT2D eigenvalue weighted by Gasteiger charge is 2.45. The van der Waals surface area contributed by atoms with Crippen molar-refractivity contribution in [2.45, 2.75) is 37.2 Å². The smallest absolute Gasteiger partial charge is 0.243 e. The summed E-state index contributed by atoms with van der Waals surface area (Å²) >= 11 is 0. The van der Waals surface area contributed by atoms with Gasteiger partial charge in [-0.1, -0.05) is 12.1 Å². The molecule has 3 heterocycles. The Morgan fingerprint density at radius 3 is 2.75 bits per heavy atom. The minimum absolute atomic E-state index is 0.0115. The van der Waals surface area contributed by atoms with E-state index in [1.54, 1.807) is 6.20 Å². The maximum atomic E-state index is 13.7. The van der Waals surface area contributed by atoms with Crippen molar-refractivity contribution in [1.82, 2.24) is 24.3 Å². The van der Waals surface area contributed by atoms with Crippen LogP contribution in [-0.4, -0.2) is 44.8 Å². The summed E-state index contributed by atoms with van der Waals surface area (Å²) in [5.74, 6) is -0.470. The van der Waals surface area contributed by atoms with E-state index in [0.29, 0.717) is 19.5 Å². The van der Waals surface area contributed by atoms with Gasteiger partial charge in [0.05, 0.1) is 22.8 Å². The van der Waals surface area contributed by atoms with Crippen LogP contribution in [0.5, 0.6) is 0 Å². The van der Waals surface area contributed by atoms with Crippen LogP contribution in [-0.2, 0) is 16.6 Å². The van der Waals surface area contributed by atoms with Crippen LogP contribution in [0.25, 0.3) is 22.0 Å². The first kappa shape index (κ1) is 20.8. The Hall–Kier alpha value is -3.04. The molecule has 1 unspecified atom stereocenters. The number of hydrogen-bond acceptors (Lipinski definition) is 4. The summed E-state index contributed by atoms with van der Waals surface area (Å²) < 4.78 is 43.6. The molecule has 0 bridgehead atoms. The van der Waals surface area contributed by atoms with Gasteiger partial charge in [0.1, 0.15) is 5.82 Å². The number of halogens is 1. The molecule has 1 N–H and O–H groups in total. The van der Waals surface area contributed by atoms with E-state index in [4.69, 9.17) is 0 Å². The molecule has 2 aromatic carbocycles. The molecule has 1 saturated heterocycles. The van der Waals surface area contributed by atoms with E-state index in [-0.39, 0.29) is 10.8 Å². The van der Waals surface area contributed by atoms with Crippen molar-refractivity contribution in [2.75, 3.05) is 6.54 Å². The second-order valence-electron chi connectivity index (χ2n) is 8.96. The van der Waals surface area contributed by atoms with E-state index in [2.05, 4.69) is 21.4 Å². The van der Waals surface area contributed by atoms with Gasteiger partial charge in [0.25, 0.3) is 0 Å². The molecule has 4 aromatic rings. The van der Waals surface area contributed by atoms with E-state index in [1.165, 1.54) is 22.5 Å². The Bertz CT molecular complexity index is 1380. The van der Waals surface area contributed by atoms with Crippen LogP contribution in [0, 0.1) is 11.7 Å². The van der Waals surface area contributed by atoms with Gasteiger partial charge in [-0.15, -0.1) is 0 Å². The van der Waals surface area contributed by atoms with Crippen molar-refractivity contribution in [1.29, 1.82) is 0 Å². The lowest BCUT2D eigenvalue weighted by Gasteiger charge is -2.30. The summed E-state index contributed by atoms with van der Waals surface area (Å²) in [5, 5.41) is 12.4. The van der Waals surface area contributed by atoms with Crippen molar-refractivity contribution in [2.24, 2.45) is 5.92 Å². The predicted octanol–water partition coefficient (Wildman–Crippen LogP) is 4.05. The molecule has 1 fully saturated rings. The summed E-state index contributed by atoms with van der Waals surface area (Å²) in [4.78, 5) is -0.0115. The number of aromatic nitrogens is 4. The molecule has 1 aliphatic rings. The fourth-order valence-corrected chi connectivity index (χ4v) is 6.62. The Kier molecular flexibility index (Phi) is 4.90. The Labute approximate surface area is 185 Å². The summed E-state index contributed by atoms with van der Waals surface area (Å²) in [5.41, 5.74) is 2.49. The van der Waals surface area contributed by atoms with Gasteiger partial charge in [-0.05, 0) is 62.1 Å². The molecule has 32 heavy (non-hydrogen) atoms. The van der Waals surface area contributed by atoms with Gasteiger partial charge in [0, 0.05) is 35.8 Å². The quantitative estimate of drug-likeness (QED) is 0.494. The fourth-order valence-electron chi connectivity index (χ4n) is 4.72. The normalized spacial score (nSPS) is 19.0. The standard InChI is InChI=1S/C23H24FN5O2S/c1-23(2)10-16(15-29(23)32(30,31)21-5-3-4-20(24)9-21)14-28-22-7-6-17(8-18(22)13-27-28)19-11-25-26-12-19/h3-9,11-13,16H,10,14-15H2,1-2H3,(H,25,26). The first-order valence-electron chi connectivity index (χ1n) is 10.5. The number of rotatable bonds is 5. The van der Waals surface area contributed by atoms with Gasteiger partial charge in [-0.2, -0.15) is 14.5 Å². The third-order valence-electron chi connectivity index (χ3n) is 6.18. The molecule has 2 aromatic heterocycles. The van der Waals surface area contributed by atoms with Gasteiger partial charge < -0.3 is 0 Å². The molecule has 1 atom stereocenters. The van der Waals surface area contributed by atoms with E-state index in [0.717, 1.165) is 28.1 Å². The van der Waals surface area contributed by atoms with E-state index in [9.17, 15) is 12.8 Å². The summed E-state index contributed by atoms with van der Waals surface area (Å²) in [6.07, 6.45) is 6.15. The SMILES string of the molecule is CC1(C)CC(Cn2ncc3cc(-c4cn[nH]c4)ccc32)CN1S(=O)(=O)c1cccc(F)c1. The second-order valence-corrected chi connectivity index (χ2v) is 10.8. The van der Waals surface area contributed by atoms with Crippen LogP contribution in [0.3, 0.4) is 0 Å². The zero-order valence-corrected chi connectivity index (χ0v) is 18.7. The second kappa shape index (κ2) is 7.53. The fraction of sp³-hybridized carbons (Fsp3) is 0.304. The van der Waals surface area contributed by atoms with Gasteiger partial charge >= 0.3 is 0 Å². The molecule has 0 amide bonds. The molecule has 0 saturated carbocycles. The lowest BCUT2D eigenvalue weighted by Crippen LogP contribution is -2.42. The molecule has 166 valence electrons. The van der Waals surface area contributed by atoms with E-state index < -0.39 is 21.4 Å². The minimum Gasteiger partial charge on any atom is -0.285 e. The monoisotopic (exact) mass is 453 g/mol. The van der Waals surface area contributed by atoms with Crippen LogP contribution in [0.2, 0.25) is 0 Å². The molecule has 0 radical (unpaired) electrons. The first-order chi connectivity index (χ1) is 15.2. The Morgan fingerprint density at radius 2 is 2.00 bits per heavy atom. The van der Waals surface area contributed by atoms with Crippen LogP contribution < -0.4 is 0 Å². The number of aromatic amines is 1. The number of fused-ring (bicyclic) bond motifs is 1. The van der Waals surface area contributed by atoms with Gasteiger partial charge in [0.2, 0.25) is 10.0 Å². The van der Waals surface area contributed by atoms with Crippen molar-refractivity contribution in [3.8, 4) is 11.1 Å². The Balaban J connectivity index is 1.39. The number of H-pyrrole nitrogens is 1. The zero-order valence-electron chi connectivity index (χ0n) is 17.9. The molecule has 9 heteroatoms. The molecule has 7 nitrogen and oxygen atoms in total. The average Bonchev–Trinajstić information content (AvgIpc) is 3.47. The van der Waals surface area contributed by atoms with E-state index >= 15 is 0 Å². The molecule has 1 aliphatic heterocycles. The topological polar surface area (TPSA) is 83.9 Å².